The molecule has 0 aromatic carbocycles. The van der Waals surface area contributed by atoms with Gasteiger partial charge in [0.25, 0.3) is 5.91 Å². The number of hydrogen-bond acceptors (Lipinski definition) is 3. The van der Waals surface area contributed by atoms with Crippen molar-refractivity contribution in [2.24, 2.45) is 0 Å². The molecule has 1 N–H and O–H groups in total. The van der Waals surface area contributed by atoms with Crippen LogP contribution in [0.25, 0.3) is 0 Å². The Kier molecular flexibility index (Phi) is 3.26. The first-order valence-corrected chi connectivity index (χ1v) is 4.20. The molecule has 1 heterocycles. The van der Waals surface area contributed by atoms with Crippen molar-refractivity contribution < 1.29 is 9.59 Å². The minimum Gasteiger partial charge on any atom is -0.347 e. The summed E-state index contributed by atoms with van der Waals surface area (Å²) in [4.78, 5) is 22.7. The largest absolute Gasteiger partial charge is 0.347 e. The van der Waals surface area contributed by atoms with Crippen LogP contribution in [0.15, 0.2) is 0 Å². The van der Waals surface area contributed by atoms with Gasteiger partial charge in [-0.15, -0.1) is 0 Å². The average Bonchev–Trinajstić information content (AvgIpc) is 2.30. The smallest absolute Gasteiger partial charge is 0.258 e. The molecule has 0 saturated carbocycles. The Labute approximate surface area is 76.3 Å². The van der Waals surface area contributed by atoms with E-state index in [-0.39, 0.29) is 5.91 Å². The first-order valence-electron chi connectivity index (χ1n) is 4.20. The fourth-order valence-electron chi connectivity index (χ4n) is 1.38. The van der Waals surface area contributed by atoms with Crippen LogP contribution in [0.1, 0.15) is 19.3 Å². The van der Waals surface area contributed by atoms with Crippen LogP contribution in [0.3, 0.4) is 0 Å². The van der Waals surface area contributed by atoms with E-state index in [1.54, 1.807) is 0 Å². The molecule has 0 aromatic heterocycles. The molecule has 1 aliphatic heterocycles. The number of carbonyl (C=O) groups is 2. The van der Waals surface area contributed by atoms with Crippen molar-refractivity contribution in [3.8, 4) is 6.19 Å². The van der Waals surface area contributed by atoms with Crippen LogP contribution in [0, 0.1) is 11.5 Å². The SMILES string of the molecule is N#CN1CCCC[C@H](NC=O)C1=O. The Bertz CT molecular complexity index is 246. The Morgan fingerprint density at radius 3 is 3.00 bits per heavy atom. The minimum absolute atomic E-state index is 0.299. The highest BCUT2D eigenvalue weighted by Gasteiger charge is 2.26. The number of likely N-dealkylation sites (tertiary alicyclic amines) is 1. The summed E-state index contributed by atoms with van der Waals surface area (Å²) in [5.74, 6) is -0.299. The summed E-state index contributed by atoms with van der Waals surface area (Å²) in [7, 11) is 0. The molecule has 0 aliphatic carbocycles. The number of carbonyl (C=O) groups excluding carboxylic acids is 2. The van der Waals surface area contributed by atoms with Gasteiger partial charge in [-0.3, -0.25) is 9.59 Å². The third-order valence-electron chi connectivity index (χ3n) is 2.08. The van der Waals surface area contributed by atoms with Crippen LogP contribution in [-0.2, 0) is 9.59 Å². The molecule has 1 aliphatic rings. The van der Waals surface area contributed by atoms with Crippen LogP contribution >= 0.6 is 0 Å². The Hall–Kier alpha value is -1.57. The molecule has 0 bridgehead atoms. The molecule has 0 radical (unpaired) electrons. The molecule has 0 unspecified atom stereocenters. The van der Waals surface area contributed by atoms with Gasteiger partial charge in [0.1, 0.15) is 6.04 Å². The molecular weight excluding hydrogens is 170 g/mol. The van der Waals surface area contributed by atoms with E-state index in [0.29, 0.717) is 19.4 Å². The van der Waals surface area contributed by atoms with Crippen molar-refractivity contribution in [2.45, 2.75) is 25.3 Å². The van der Waals surface area contributed by atoms with E-state index < -0.39 is 6.04 Å². The lowest BCUT2D eigenvalue weighted by Crippen LogP contribution is -2.42. The molecule has 13 heavy (non-hydrogen) atoms. The van der Waals surface area contributed by atoms with Gasteiger partial charge < -0.3 is 5.32 Å². The zero-order valence-corrected chi connectivity index (χ0v) is 7.19. The molecule has 1 rings (SSSR count). The fourth-order valence-corrected chi connectivity index (χ4v) is 1.38. The monoisotopic (exact) mass is 181 g/mol. The van der Waals surface area contributed by atoms with Gasteiger partial charge in [0, 0.05) is 6.54 Å². The zero-order valence-electron chi connectivity index (χ0n) is 7.19. The van der Waals surface area contributed by atoms with E-state index >= 15 is 0 Å². The Balaban J connectivity index is 2.68. The third-order valence-corrected chi connectivity index (χ3v) is 2.08. The first-order chi connectivity index (χ1) is 6.29. The first kappa shape index (κ1) is 9.52. The molecule has 0 spiro atoms. The standard InChI is InChI=1S/C8H11N3O2/c9-5-11-4-2-1-3-7(8(11)13)10-6-12/h6-7H,1-4H2,(H,10,12)/t7-/m0/s1. The van der Waals surface area contributed by atoms with E-state index in [1.807, 2.05) is 6.19 Å². The highest BCUT2D eigenvalue weighted by molar-refractivity contribution is 5.85. The second-order valence-electron chi connectivity index (χ2n) is 2.92. The predicted octanol–water partition coefficient (Wildman–Crippen LogP) is -0.405. The molecule has 5 heteroatoms. The minimum atomic E-state index is -0.514. The normalized spacial score (nSPS) is 23.2. The van der Waals surface area contributed by atoms with Gasteiger partial charge in [0.15, 0.2) is 6.19 Å². The zero-order chi connectivity index (χ0) is 9.68. The van der Waals surface area contributed by atoms with Gasteiger partial charge >= 0.3 is 0 Å². The molecule has 1 fully saturated rings. The van der Waals surface area contributed by atoms with Crippen molar-refractivity contribution in [1.82, 2.24) is 10.2 Å². The summed E-state index contributed by atoms with van der Waals surface area (Å²) in [6.45, 7) is 0.465. The molecule has 1 atom stereocenters. The van der Waals surface area contributed by atoms with Crippen molar-refractivity contribution in [3.63, 3.8) is 0 Å². The van der Waals surface area contributed by atoms with E-state index in [0.717, 1.165) is 17.7 Å². The maximum absolute atomic E-state index is 11.4. The topological polar surface area (TPSA) is 73.2 Å². The Morgan fingerprint density at radius 1 is 1.62 bits per heavy atom. The quantitative estimate of drug-likeness (QED) is 0.465. The summed E-state index contributed by atoms with van der Waals surface area (Å²) < 4.78 is 0. The van der Waals surface area contributed by atoms with E-state index in [9.17, 15) is 9.59 Å². The Morgan fingerprint density at radius 2 is 2.38 bits per heavy atom. The number of hydrogen-bond donors (Lipinski definition) is 1. The van der Waals surface area contributed by atoms with E-state index in [2.05, 4.69) is 5.32 Å². The number of nitrogens with zero attached hydrogens (tertiary/aromatic N) is 2. The second kappa shape index (κ2) is 4.45. The van der Waals surface area contributed by atoms with Gasteiger partial charge in [-0.05, 0) is 19.3 Å². The lowest BCUT2D eigenvalue weighted by Gasteiger charge is -2.15. The van der Waals surface area contributed by atoms with Crippen LogP contribution < -0.4 is 5.32 Å². The lowest BCUT2D eigenvalue weighted by atomic mass is 10.1. The number of rotatable bonds is 2. The van der Waals surface area contributed by atoms with Gasteiger partial charge in [-0.25, -0.2) is 4.90 Å². The highest BCUT2D eigenvalue weighted by atomic mass is 16.2. The summed E-state index contributed by atoms with van der Waals surface area (Å²) >= 11 is 0. The average molecular weight is 181 g/mol. The molecule has 70 valence electrons. The highest BCUT2D eigenvalue weighted by Crippen LogP contribution is 2.10. The van der Waals surface area contributed by atoms with Crippen LogP contribution in [0.4, 0.5) is 0 Å². The van der Waals surface area contributed by atoms with Crippen molar-refractivity contribution in [3.05, 3.63) is 0 Å². The molecule has 2 amide bonds. The van der Waals surface area contributed by atoms with Crippen molar-refractivity contribution >= 4 is 12.3 Å². The predicted molar refractivity (Wildman–Crippen MR) is 44.2 cm³/mol. The van der Waals surface area contributed by atoms with Gasteiger partial charge in [0.2, 0.25) is 6.41 Å². The third kappa shape index (κ3) is 2.18. The number of nitriles is 1. The van der Waals surface area contributed by atoms with Gasteiger partial charge in [0.05, 0.1) is 0 Å². The molecule has 0 aromatic rings. The van der Waals surface area contributed by atoms with Crippen LogP contribution in [0.2, 0.25) is 0 Å². The maximum Gasteiger partial charge on any atom is 0.258 e. The van der Waals surface area contributed by atoms with E-state index in [1.165, 1.54) is 0 Å². The van der Waals surface area contributed by atoms with Gasteiger partial charge in [-0.2, -0.15) is 5.26 Å². The summed E-state index contributed by atoms with van der Waals surface area (Å²) in [6.07, 6.45) is 4.61. The van der Waals surface area contributed by atoms with Crippen molar-refractivity contribution in [1.29, 1.82) is 5.26 Å². The second-order valence-corrected chi connectivity index (χ2v) is 2.92. The van der Waals surface area contributed by atoms with E-state index in [4.69, 9.17) is 5.26 Å². The lowest BCUT2D eigenvalue weighted by molar-refractivity contribution is -0.131. The molecule has 1 saturated heterocycles. The summed E-state index contributed by atoms with van der Waals surface area (Å²) in [6, 6.07) is -0.514. The summed E-state index contributed by atoms with van der Waals surface area (Å²) in [5, 5.41) is 11.0. The van der Waals surface area contributed by atoms with Crippen LogP contribution in [-0.4, -0.2) is 29.8 Å². The molecule has 5 nitrogen and oxygen atoms in total. The number of nitrogens with one attached hydrogen (secondary N) is 1. The summed E-state index contributed by atoms with van der Waals surface area (Å²) in [5.41, 5.74) is 0. The van der Waals surface area contributed by atoms with Gasteiger partial charge in [-0.1, -0.05) is 0 Å². The van der Waals surface area contributed by atoms with Crippen molar-refractivity contribution in [2.75, 3.05) is 6.54 Å². The maximum atomic E-state index is 11.4. The fraction of sp³-hybridized carbons (Fsp3) is 0.625. The van der Waals surface area contributed by atoms with Crippen LogP contribution in [0.5, 0.6) is 0 Å². The number of amides is 2. The molecular formula is C8H11N3O2.